The molecule has 0 unspecified atom stereocenters. The largest absolute Gasteiger partial charge is 0.446 e. The maximum atomic E-state index is 13.0. The van der Waals surface area contributed by atoms with E-state index in [0.29, 0.717) is 22.0 Å². The molecular formula is C23H17ClF3N5O3S. The first-order valence-corrected chi connectivity index (χ1v) is 11.5. The van der Waals surface area contributed by atoms with Crippen LogP contribution in [-0.2, 0) is 11.3 Å². The number of alkyl halides is 3. The maximum Gasteiger partial charge on any atom is 0.446 e. The van der Waals surface area contributed by atoms with Crippen LogP contribution in [0.4, 0.5) is 39.8 Å². The van der Waals surface area contributed by atoms with Crippen molar-refractivity contribution in [2.75, 3.05) is 22.1 Å². The summed E-state index contributed by atoms with van der Waals surface area (Å²) < 4.78 is 37.7. The molecule has 36 heavy (non-hydrogen) atoms. The fourth-order valence-electron chi connectivity index (χ4n) is 3.42. The second kappa shape index (κ2) is 10.5. The molecule has 0 radical (unpaired) electrons. The van der Waals surface area contributed by atoms with Crippen LogP contribution < -0.4 is 15.5 Å². The molecule has 1 aliphatic rings. The Hall–Kier alpha value is -3.77. The minimum absolute atomic E-state index is 0.0117. The Labute approximate surface area is 212 Å². The van der Waals surface area contributed by atoms with Crippen molar-refractivity contribution in [1.82, 2.24) is 9.88 Å². The Morgan fingerprint density at radius 2 is 1.72 bits per heavy atom. The summed E-state index contributed by atoms with van der Waals surface area (Å²) in [7, 11) is 0. The molecule has 3 aromatic rings. The lowest BCUT2D eigenvalue weighted by atomic mass is 10.2. The van der Waals surface area contributed by atoms with Gasteiger partial charge in [0.15, 0.2) is 0 Å². The zero-order valence-electron chi connectivity index (χ0n) is 18.3. The van der Waals surface area contributed by atoms with Gasteiger partial charge in [-0.1, -0.05) is 11.6 Å². The number of nitrogens with zero attached hydrogens (tertiary/aromatic N) is 3. The van der Waals surface area contributed by atoms with Crippen LogP contribution in [-0.4, -0.2) is 39.9 Å². The lowest BCUT2D eigenvalue weighted by Crippen LogP contribution is -2.33. The third-order valence-electron chi connectivity index (χ3n) is 4.99. The Balaban J connectivity index is 1.44. The van der Waals surface area contributed by atoms with E-state index in [-0.39, 0.29) is 35.4 Å². The average Bonchev–Trinajstić information content (AvgIpc) is 3.09. The smallest absolute Gasteiger partial charge is 0.310 e. The predicted molar refractivity (Wildman–Crippen MR) is 130 cm³/mol. The molecule has 0 saturated carbocycles. The molecule has 0 bridgehead atoms. The summed E-state index contributed by atoms with van der Waals surface area (Å²) >= 11 is 5.56. The molecule has 8 nitrogen and oxygen atoms in total. The summed E-state index contributed by atoms with van der Waals surface area (Å²) in [4.78, 5) is 44.1. The molecule has 0 aliphatic carbocycles. The van der Waals surface area contributed by atoms with Gasteiger partial charge in [0.2, 0.25) is 0 Å². The molecule has 5 amide bonds. The van der Waals surface area contributed by atoms with Gasteiger partial charge in [-0.25, -0.2) is 14.5 Å². The van der Waals surface area contributed by atoms with Crippen LogP contribution in [0.3, 0.4) is 0 Å². The number of pyridine rings is 1. The zero-order chi connectivity index (χ0) is 25.9. The molecule has 2 aromatic carbocycles. The van der Waals surface area contributed by atoms with Crippen LogP contribution in [0.1, 0.15) is 5.56 Å². The monoisotopic (exact) mass is 535 g/mol. The summed E-state index contributed by atoms with van der Waals surface area (Å²) in [5.74, 6) is -0.528. The number of nitrogens with one attached hydrogen (secondary N) is 2. The number of aromatic nitrogens is 1. The topological polar surface area (TPSA) is 94.6 Å². The Morgan fingerprint density at radius 1 is 1.03 bits per heavy atom. The Bertz CT molecular complexity index is 1290. The number of rotatable bonds is 6. The first-order chi connectivity index (χ1) is 17.1. The third kappa shape index (κ3) is 6.26. The molecule has 1 aromatic heterocycles. The van der Waals surface area contributed by atoms with E-state index in [1.807, 2.05) is 0 Å². The summed E-state index contributed by atoms with van der Waals surface area (Å²) in [6.07, 6.45) is 2.89. The molecule has 4 rings (SSSR count). The number of benzene rings is 2. The quantitative estimate of drug-likeness (QED) is 0.300. The third-order valence-corrected chi connectivity index (χ3v) is 5.98. The summed E-state index contributed by atoms with van der Waals surface area (Å²) in [5, 5.41) is 5.83. The molecule has 0 atom stereocenters. The number of carbonyl (C=O) groups is 3. The SMILES string of the molecule is O=C(Nc1ccc(Cl)cc1)Nc1cnccc1CN1CC(=O)N(c2ccc(SC(F)(F)F)cc2)C1=O. The van der Waals surface area contributed by atoms with Gasteiger partial charge in [-0.15, -0.1) is 0 Å². The predicted octanol–water partition coefficient (Wildman–Crippen LogP) is 5.96. The number of anilines is 3. The van der Waals surface area contributed by atoms with Gasteiger partial charge in [0, 0.05) is 21.8 Å². The fraction of sp³-hybridized carbons (Fsp3) is 0.130. The van der Waals surface area contributed by atoms with Gasteiger partial charge in [0.25, 0.3) is 5.91 Å². The molecule has 2 heterocycles. The van der Waals surface area contributed by atoms with E-state index in [9.17, 15) is 27.6 Å². The summed E-state index contributed by atoms with van der Waals surface area (Å²) in [6.45, 7) is -0.251. The van der Waals surface area contributed by atoms with Crippen molar-refractivity contribution in [3.05, 3.63) is 77.6 Å². The normalized spacial score (nSPS) is 13.8. The zero-order valence-corrected chi connectivity index (χ0v) is 19.8. The number of hydrogen-bond acceptors (Lipinski definition) is 5. The van der Waals surface area contributed by atoms with E-state index in [4.69, 9.17) is 11.6 Å². The lowest BCUT2D eigenvalue weighted by Gasteiger charge is -2.19. The van der Waals surface area contributed by atoms with Crippen LogP contribution in [0, 0.1) is 0 Å². The van der Waals surface area contributed by atoms with E-state index < -0.39 is 23.5 Å². The van der Waals surface area contributed by atoms with Crippen LogP contribution in [0.25, 0.3) is 0 Å². The highest BCUT2D eigenvalue weighted by molar-refractivity contribution is 8.00. The second-order valence-electron chi connectivity index (χ2n) is 7.53. The molecule has 0 spiro atoms. The van der Waals surface area contributed by atoms with Crippen molar-refractivity contribution in [3.8, 4) is 0 Å². The van der Waals surface area contributed by atoms with Crippen LogP contribution in [0.15, 0.2) is 71.9 Å². The number of thioether (sulfide) groups is 1. The second-order valence-corrected chi connectivity index (χ2v) is 9.10. The molecule has 186 valence electrons. The molecule has 1 aliphatic heterocycles. The highest BCUT2D eigenvalue weighted by Gasteiger charge is 2.37. The summed E-state index contributed by atoms with van der Waals surface area (Å²) in [5.41, 5.74) is -2.92. The van der Waals surface area contributed by atoms with Crippen molar-refractivity contribution in [2.24, 2.45) is 0 Å². The Kier molecular flexibility index (Phi) is 7.36. The van der Waals surface area contributed by atoms with Crippen molar-refractivity contribution in [2.45, 2.75) is 16.9 Å². The molecular weight excluding hydrogens is 519 g/mol. The maximum absolute atomic E-state index is 13.0. The van der Waals surface area contributed by atoms with Crippen molar-refractivity contribution >= 4 is 58.4 Å². The van der Waals surface area contributed by atoms with Gasteiger partial charge < -0.3 is 15.5 Å². The van der Waals surface area contributed by atoms with Crippen LogP contribution in [0.2, 0.25) is 5.02 Å². The number of halogens is 4. The van der Waals surface area contributed by atoms with Gasteiger partial charge in [0.1, 0.15) is 6.54 Å². The minimum Gasteiger partial charge on any atom is -0.310 e. The van der Waals surface area contributed by atoms with Gasteiger partial charge in [-0.3, -0.25) is 9.78 Å². The molecule has 1 fully saturated rings. The van der Waals surface area contributed by atoms with Crippen molar-refractivity contribution < 1.29 is 27.6 Å². The van der Waals surface area contributed by atoms with Crippen molar-refractivity contribution in [1.29, 1.82) is 0 Å². The van der Waals surface area contributed by atoms with Gasteiger partial charge in [-0.2, -0.15) is 13.2 Å². The number of carbonyl (C=O) groups excluding carboxylic acids is 3. The number of imide groups is 1. The Morgan fingerprint density at radius 3 is 2.39 bits per heavy atom. The molecule has 13 heteroatoms. The van der Waals surface area contributed by atoms with E-state index >= 15 is 0 Å². The number of hydrogen-bond donors (Lipinski definition) is 2. The van der Waals surface area contributed by atoms with Crippen LogP contribution >= 0.6 is 23.4 Å². The van der Waals surface area contributed by atoms with Gasteiger partial charge in [-0.05, 0) is 71.9 Å². The highest BCUT2D eigenvalue weighted by Crippen LogP contribution is 2.37. The standard InChI is InChI=1S/C23H17ClF3N5O3S/c24-15-1-3-16(4-2-15)29-21(34)30-19-11-28-10-9-14(19)12-31-13-20(33)32(22(31)35)17-5-7-18(8-6-17)36-23(25,26)27/h1-11H,12-13H2,(H2,29,30,34). The molecule has 2 N–H and O–H groups in total. The fourth-order valence-corrected chi connectivity index (χ4v) is 4.09. The van der Waals surface area contributed by atoms with E-state index in [1.54, 1.807) is 30.3 Å². The van der Waals surface area contributed by atoms with Crippen LogP contribution in [0.5, 0.6) is 0 Å². The minimum atomic E-state index is -4.44. The van der Waals surface area contributed by atoms with Crippen molar-refractivity contribution in [3.63, 3.8) is 0 Å². The first kappa shape index (κ1) is 25.3. The van der Waals surface area contributed by atoms with Gasteiger partial charge >= 0.3 is 17.6 Å². The van der Waals surface area contributed by atoms with E-state index in [0.717, 1.165) is 4.90 Å². The highest BCUT2D eigenvalue weighted by atomic mass is 35.5. The van der Waals surface area contributed by atoms with Gasteiger partial charge in [0.05, 0.1) is 24.1 Å². The lowest BCUT2D eigenvalue weighted by molar-refractivity contribution is -0.116. The first-order valence-electron chi connectivity index (χ1n) is 10.3. The summed E-state index contributed by atoms with van der Waals surface area (Å²) in [6, 6.07) is 11.9. The number of amides is 5. The van der Waals surface area contributed by atoms with E-state index in [1.165, 1.54) is 41.6 Å². The number of urea groups is 2. The van der Waals surface area contributed by atoms with E-state index in [2.05, 4.69) is 15.6 Å². The average molecular weight is 536 g/mol. The molecule has 1 saturated heterocycles.